The van der Waals surface area contributed by atoms with Crippen LogP contribution in [0.3, 0.4) is 0 Å². The number of rotatable bonds is 3. The summed E-state index contributed by atoms with van der Waals surface area (Å²) in [5.41, 5.74) is -0.803. The lowest BCUT2D eigenvalue weighted by atomic mass is 10.1. The van der Waals surface area contributed by atoms with Crippen LogP contribution in [0.25, 0.3) is 6.08 Å². The minimum atomic E-state index is -4.97. The maximum Gasteiger partial charge on any atom is 0.416 e. The summed E-state index contributed by atoms with van der Waals surface area (Å²) in [5.74, 6) is 0. The van der Waals surface area contributed by atoms with E-state index in [-0.39, 0.29) is 19.2 Å². The highest BCUT2D eigenvalue weighted by molar-refractivity contribution is 6.27. The Labute approximate surface area is 171 Å². The summed E-state index contributed by atoms with van der Waals surface area (Å²) < 4.78 is 84.1. The average molecular weight is 454 g/mol. The summed E-state index contributed by atoms with van der Waals surface area (Å²) in [6, 6.07) is 2.77. The van der Waals surface area contributed by atoms with E-state index in [1.807, 2.05) is 0 Å². The van der Waals surface area contributed by atoms with Crippen LogP contribution in [0, 0.1) is 0 Å². The van der Waals surface area contributed by atoms with Gasteiger partial charge in [-0.25, -0.2) is 4.79 Å². The molecule has 1 aliphatic rings. The molecular formula is C18H14ClF6N3O2. The molecule has 0 saturated carbocycles. The van der Waals surface area contributed by atoms with Gasteiger partial charge >= 0.3 is 18.4 Å². The molecule has 1 aliphatic heterocycles. The van der Waals surface area contributed by atoms with E-state index < -0.39 is 41.7 Å². The fourth-order valence-corrected chi connectivity index (χ4v) is 3.06. The molecule has 0 N–H and O–H groups in total. The number of alkyl halides is 6. The van der Waals surface area contributed by atoms with Gasteiger partial charge in [-0.15, -0.1) is 0 Å². The first-order chi connectivity index (χ1) is 14.0. The Kier molecular flexibility index (Phi) is 6.02. The Bertz CT molecular complexity index is 936. The second-order valence-corrected chi connectivity index (χ2v) is 6.72. The van der Waals surface area contributed by atoms with Crippen molar-refractivity contribution in [1.82, 2.24) is 14.7 Å². The molecular weight excluding hydrogens is 440 g/mol. The summed E-state index contributed by atoms with van der Waals surface area (Å²) in [5, 5.41) is 4.25. The number of ether oxygens (including phenoxy) is 1. The zero-order valence-corrected chi connectivity index (χ0v) is 15.9. The van der Waals surface area contributed by atoms with Crippen molar-refractivity contribution in [2.24, 2.45) is 0 Å². The van der Waals surface area contributed by atoms with Crippen molar-refractivity contribution in [3.63, 3.8) is 0 Å². The van der Waals surface area contributed by atoms with Gasteiger partial charge in [0, 0.05) is 12.1 Å². The molecule has 0 atom stereocenters. The second-order valence-electron chi connectivity index (χ2n) is 6.47. The van der Waals surface area contributed by atoms with E-state index >= 15 is 0 Å². The smallest absolute Gasteiger partial charge is 0.416 e. The quantitative estimate of drug-likeness (QED) is 0.594. The molecule has 0 radical (unpaired) electrons. The van der Waals surface area contributed by atoms with Crippen molar-refractivity contribution in [2.45, 2.75) is 32.0 Å². The minimum absolute atomic E-state index is 0.0178. The number of aromatic nitrogens is 2. The van der Waals surface area contributed by atoms with Crippen LogP contribution in [0.15, 0.2) is 29.8 Å². The second kappa shape index (κ2) is 8.21. The summed E-state index contributed by atoms with van der Waals surface area (Å²) in [6.07, 6.45) is -9.25. The number of benzene rings is 1. The topological polar surface area (TPSA) is 47.4 Å². The molecule has 1 aromatic heterocycles. The largest absolute Gasteiger partial charge is 0.445 e. The van der Waals surface area contributed by atoms with Crippen LogP contribution in [0.5, 0.6) is 0 Å². The van der Waals surface area contributed by atoms with E-state index in [4.69, 9.17) is 16.3 Å². The van der Waals surface area contributed by atoms with Gasteiger partial charge in [0.2, 0.25) is 0 Å². The van der Waals surface area contributed by atoms with Crippen molar-refractivity contribution in [3.05, 3.63) is 57.9 Å². The molecule has 30 heavy (non-hydrogen) atoms. The molecule has 162 valence electrons. The van der Waals surface area contributed by atoms with Crippen LogP contribution < -0.4 is 0 Å². The maximum absolute atomic E-state index is 12.9. The van der Waals surface area contributed by atoms with Crippen LogP contribution >= 0.6 is 11.6 Å². The Balaban J connectivity index is 1.71. The summed E-state index contributed by atoms with van der Waals surface area (Å²) >= 11 is 5.50. The van der Waals surface area contributed by atoms with Crippen LogP contribution in [0.2, 0.25) is 0 Å². The first-order valence-corrected chi connectivity index (χ1v) is 8.94. The van der Waals surface area contributed by atoms with E-state index in [9.17, 15) is 31.1 Å². The summed E-state index contributed by atoms with van der Waals surface area (Å²) in [7, 11) is 0. The third kappa shape index (κ3) is 5.07. The van der Waals surface area contributed by atoms with E-state index in [2.05, 4.69) is 5.10 Å². The highest BCUT2D eigenvalue weighted by Crippen LogP contribution is 2.36. The van der Waals surface area contributed by atoms with Gasteiger partial charge in [0.25, 0.3) is 0 Å². The van der Waals surface area contributed by atoms with Crippen LogP contribution in [0.1, 0.15) is 28.1 Å². The van der Waals surface area contributed by atoms with Gasteiger partial charge in [0.1, 0.15) is 6.61 Å². The lowest BCUT2D eigenvalue weighted by Gasteiger charge is -2.27. The van der Waals surface area contributed by atoms with E-state index in [1.54, 1.807) is 16.8 Å². The first-order valence-electron chi connectivity index (χ1n) is 8.51. The lowest BCUT2D eigenvalue weighted by molar-refractivity contribution is -0.143. The van der Waals surface area contributed by atoms with Crippen LogP contribution in [-0.4, -0.2) is 27.3 Å². The summed E-state index contributed by atoms with van der Waals surface area (Å²) in [4.78, 5) is 13.6. The number of carbonyl (C=O) groups excluding carboxylic acids is 1. The van der Waals surface area contributed by atoms with Crippen molar-refractivity contribution < 1.29 is 35.9 Å². The first kappa shape index (κ1) is 22.0. The number of amides is 1. The fraction of sp³-hybridized carbons (Fsp3) is 0.333. The normalized spacial score (nSPS) is 14.8. The minimum Gasteiger partial charge on any atom is -0.445 e. The van der Waals surface area contributed by atoms with Crippen LogP contribution in [0.4, 0.5) is 31.1 Å². The molecule has 2 aromatic rings. The van der Waals surface area contributed by atoms with E-state index in [0.29, 0.717) is 30.1 Å². The van der Waals surface area contributed by atoms with Crippen molar-refractivity contribution in [3.8, 4) is 0 Å². The Hall–Kier alpha value is -2.69. The highest BCUT2D eigenvalue weighted by Gasteiger charge is 2.37. The third-order valence-corrected chi connectivity index (χ3v) is 4.44. The van der Waals surface area contributed by atoms with Crippen molar-refractivity contribution in [2.75, 3.05) is 6.54 Å². The fourth-order valence-electron chi connectivity index (χ4n) is 2.93. The predicted octanol–water partition coefficient (Wildman–Crippen LogP) is 5.28. The molecule has 1 amide bonds. The third-order valence-electron chi connectivity index (χ3n) is 4.32. The average Bonchev–Trinajstić information content (AvgIpc) is 3.06. The van der Waals surface area contributed by atoms with Gasteiger partial charge in [-0.3, -0.25) is 4.68 Å². The standard InChI is InChI=1S/C18H14ClF6N3O2/c19-2-1-14-8-15-9-27(3-4-28(15)26-14)16(29)30-10-11-5-12(17(20,21)22)7-13(6-11)18(23,24)25/h1-2,5-8H,3-4,9-10H2. The van der Waals surface area contributed by atoms with Crippen molar-refractivity contribution >= 4 is 23.8 Å². The molecule has 0 bridgehead atoms. The van der Waals surface area contributed by atoms with Gasteiger partial charge in [-0.2, -0.15) is 31.4 Å². The van der Waals surface area contributed by atoms with Crippen molar-refractivity contribution in [1.29, 1.82) is 0 Å². The van der Waals surface area contributed by atoms with Crippen LogP contribution in [-0.2, 0) is 36.8 Å². The molecule has 0 spiro atoms. The lowest BCUT2D eigenvalue weighted by Crippen LogP contribution is -2.38. The molecule has 0 aliphatic carbocycles. The number of nitrogens with zero attached hydrogens (tertiary/aromatic N) is 3. The highest BCUT2D eigenvalue weighted by atomic mass is 35.5. The number of hydrogen-bond donors (Lipinski definition) is 0. The summed E-state index contributed by atoms with van der Waals surface area (Å²) in [6.45, 7) is -0.0452. The molecule has 0 unspecified atom stereocenters. The number of fused-ring (bicyclic) bond motifs is 1. The van der Waals surface area contributed by atoms with Gasteiger partial charge in [-0.05, 0) is 35.9 Å². The van der Waals surface area contributed by atoms with E-state index in [1.165, 1.54) is 10.4 Å². The number of halogens is 7. The number of hydrogen-bond acceptors (Lipinski definition) is 3. The zero-order chi connectivity index (χ0) is 22.1. The predicted molar refractivity (Wildman–Crippen MR) is 94.2 cm³/mol. The molecule has 3 rings (SSSR count). The van der Waals surface area contributed by atoms with Gasteiger partial charge in [-0.1, -0.05) is 11.6 Å². The SMILES string of the molecule is O=C(OCc1cc(C(F)(F)F)cc(C(F)(F)F)c1)N1CCn2nc(C=CCl)cc2C1. The molecule has 12 heteroatoms. The van der Waals surface area contributed by atoms with Gasteiger partial charge in [0.15, 0.2) is 0 Å². The molecule has 1 aromatic carbocycles. The Morgan fingerprint density at radius 1 is 1.07 bits per heavy atom. The molecule has 0 fully saturated rings. The van der Waals surface area contributed by atoms with Gasteiger partial charge in [0.05, 0.1) is 35.6 Å². The molecule has 2 heterocycles. The maximum atomic E-state index is 12.9. The molecule has 5 nitrogen and oxygen atoms in total. The molecule has 0 saturated heterocycles. The Morgan fingerprint density at radius 2 is 1.70 bits per heavy atom. The number of carbonyl (C=O) groups is 1. The van der Waals surface area contributed by atoms with E-state index in [0.717, 1.165) is 0 Å². The van der Waals surface area contributed by atoms with Gasteiger partial charge < -0.3 is 9.64 Å². The zero-order valence-electron chi connectivity index (χ0n) is 15.1. The monoisotopic (exact) mass is 453 g/mol. The Morgan fingerprint density at radius 3 is 2.27 bits per heavy atom.